The van der Waals surface area contributed by atoms with Gasteiger partial charge < -0.3 is 9.47 Å². The molecule has 0 amide bonds. The first-order valence-electron chi connectivity index (χ1n) is 7.83. The minimum absolute atomic E-state index is 0.116. The van der Waals surface area contributed by atoms with Crippen molar-refractivity contribution >= 4 is 0 Å². The van der Waals surface area contributed by atoms with Gasteiger partial charge in [-0.25, -0.2) is 0 Å². The molecule has 2 atom stereocenters. The van der Waals surface area contributed by atoms with E-state index in [9.17, 15) is 5.26 Å². The Bertz CT molecular complexity index is 319. The highest BCUT2D eigenvalue weighted by Gasteiger charge is 2.36. The third-order valence-corrected chi connectivity index (χ3v) is 3.61. The molecule has 0 radical (unpaired) electrons. The summed E-state index contributed by atoms with van der Waals surface area (Å²) in [6.07, 6.45) is 5.05. The van der Waals surface area contributed by atoms with Crippen molar-refractivity contribution in [2.75, 3.05) is 19.8 Å². The van der Waals surface area contributed by atoms with Crippen LogP contribution in [0.1, 0.15) is 59.8 Å². The molecule has 116 valence electrons. The lowest BCUT2D eigenvalue weighted by molar-refractivity contribution is -0.0626. The van der Waals surface area contributed by atoms with Gasteiger partial charge in [-0.3, -0.25) is 5.32 Å². The standard InChI is InChI=1S/C16H30N2O2/c1-5-9-18-16(13-17)8-6-7-14(12-16)19-10-11-20-15(2,3)4/h14,18H,5-12H2,1-4H3. The molecule has 0 aliphatic heterocycles. The van der Waals surface area contributed by atoms with Gasteiger partial charge in [-0.15, -0.1) is 0 Å². The maximum absolute atomic E-state index is 9.47. The molecule has 0 spiro atoms. The fourth-order valence-corrected chi connectivity index (χ4v) is 2.60. The van der Waals surface area contributed by atoms with Crippen LogP contribution in [0.4, 0.5) is 0 Å². The maximum Gasteiger partial charge on any atom is 0.109 e. The average Bonchev–Trinajstić information content (AvgIpc) is 2.41. The Kier molecular flexibility index (Phi) is 6.94. The van der Waals surface area contributed by atoms with Crippen LogP contribution in [0.3, 0.4) is 0 Å². The van der Waals surface area contributed by atoms with Crippen LogP contribution >= 0.6 is 0 Å². The molecule has 1 aliphatic carbocycles. The van der Waals surface area contributed by atoms with Crippen LogP contribution in [-0.4, -0.2) is 37.0 Å². The second kappa shape index (κ2) is 7.97. The lowest BCUT2D eigenvalue weighted by Gasteiger charge is -2.36. The Morgan fingerprint density at radius 3 is 2.70 bits per heavy atom. The van der Waals surface area contributed by atoms with E-state index in [2.05, 4.69) is 18.3 Å². The van der Waals surface area contributed by atoms with Crippen molar-refractivity contribution in [2.24, 2.45) is 0 Å². The van der Waals surface area contributed by atoms with Gasteiger partial charge in [0, 0.05) is 6.42 Å². The van der Waals surface area contributed by atoms with E-state index < -0.39 is 0 Å². The summed E-state index contributed by atoms with van der Waals surface area (Å²) in [7, 11) is 0. The number of rotatable bonds is 7. The van der Waals surface area contributed by atoms with E-state index >= 15 is 0 Å². The smallest absolute Gasteiger partial charge is 0.109 e. The van der Waals surface area contributed by atoms with Gasteiger partial charge in [0.1, 0.15) is 5.54 Å². The summed E-state index contributed by atoms with van der Waals surface area (Å²) < 4.78 is 11.6. The summed E-state index contributed by atoms with van der Waals surface area (Å²) in [6.45, 7) is 10.4. The molecule has 1 aliphatic rings. The molecule has 0 bridgehead atoms. The van der Waals surface area contributed by atoms with E-state index in [-0.39, 0.29) is 17.2 Å². The quantitative estimate of drug-likeness (QED) is 0.729. The van der Waals surface area contributed by atoms with Crippen molar-refractivity contribution < 1.29 is 9.47 Å². The molecule has 0 aromatic heterocycles. The summed E-state index contributed by atoms with van der Waals surface area (Å²) in [5.74, 6) is 0. The molecule has 4 heteroatoms. The molecule has 0 aromatic rings. The summed E-state index contributed by atoms with van der Waals surface area (Å²) in [5, 5.41) is 12.9. The number of nitrogens with one attached hydrogen (secondary N) is 1. The van der Waals surface area contributed by atoms with Crippen LogP contribution in [0, 0.1) is 11.3 Å². The fourth-order valence-electron chi connectivity index (χ4n) is 2.60. The number of nitriles is 1. The van der Waals surface area contributed by atoms with Crippen molar-refractivity contribution in [3.63, 3.8) is 0 Å². The van der Waals surface area contributed by atoms with Gasteiger partial charge in [0.05, 0.1) is 31.0 Å². The molecule has 1 N–H and O–H groups in total. The summed E-state index contributed by atoms with van der Waals surface area (Å²) in [5.41, 5.74) is -0.501. The Balaban J connectivity index is 2.35. The van der Waals surface area contributed by atoms with Gasteiger partial charge in [-0.05, 0) is 53.0 Å². The molecule has 4 nitrogen and oxygen atoms in total. The number of nitrogens with zero attached hydrogens (tertiary/aromatic N) is 1. The molecule has 20 heavy (non-hydrogen) atoms. The lowest BCUT2D eigenvalue weighted by atomic mass is 9.81. The molecule has 0 heterocycles. The molecular formula is C16H30N2O2. The first-order valence-corrected chi connectivity index (χ1v) is 7.83. The maximum atomic E-state index is 9.47. The van der Waals surface area contributed by atoms with Crippen molar-refractivity contribution in [1.29, 1.82) is 5.26 Å². The Morgan fingerprint density at radius 1 is 1.35 bits per heavy atom. The highest BCUT2D eigenvalue weighted by molar-refractivity contribution is 5.10. The molecule has 1 rings (SSSR count). The van der Waals surface area contributed by atoms with E-state index in [1.165, 1.54) is 0 Å². The summed E-state index contributed by atoms with van der Waals surface area (Å²) in [6, 6.07) is 2.47. The zero-order valence-electron chi connectivity index (χ0n) is 13.5. The monoisotopic (exact) mass is 282 g/mol. The Hall–Kier alpha value is -0.630. The first-order chi connectivity index (χ1) is 9.41. The van der Waals surface area contributed by atoms with Crippen LogP contribution in [0.5, 0.6) is 0 Å². The zero-order chi connectivity index (χ0) is 15.1. The Morgan fingerprint density at radius 2 is 2.10 bits per heavy atom. The van der Waals surface area contributed by atoms with E-state index in [1.807, 2.05) is 20.8 Å². The van der Waals surface area contributed by atoms with Crippen LogP contribution < -0.4 is 5.32 Å². The average molecular weight is 282 g/mol. The third-order valence-electron chi connectivity index (χ3n) is 3.61. The van der Waals surface area contributed by atoms with Crippen molar-refractivity contribution in [3.8, 4) is 6.07 Å². The molecular weight excluding hydrogens is 252 g/mol. The molecule has 0 saturated heterocycles. The van der Waals surface area contributed by atoms with Crippen LogP contribution in [0.15, 0.2) is 0 Å². The molecule has 1 fully saturated rings. The van der Waals surface area contributed by atoms with Gasteiger partial charge in [0.15, 0.2) is 0 Å². The number of ether oxygens (including phenoxy) is 2. The molecule has 2 unspecified atom stereocenters. The minimum Gasteiger partial charge on any atom is -0.376 e. The zero-order valence-corrected chi connectivity index (χ0v) is 13.5. The van der Waals surface area contributed by atoms with Crippen LogP contribution in [-0.2, 0) is 9.47 Å². The van der Waals surface area contributed by atoms with Gasteiger partial charge in [0.2, 0.25) is 0 Å². The predicted octanol–water partition coefficient (Wildman–Crippen LogP) is 3.02. The number of hydrogen-bond donors (Lipinski definition) is 1. The van der Waals surface area contributed by atoms with Gasteiger partial charge in [-0.2, -0.15) is 5.26 Å². The lowest BCUT2D eigenvalue weighted by Crippen LogP contribution is -2.49. The topological polar surface area (TPSA) is 54.3 Å². The highest BCUT2D eigenvalue weighted by atomic mass is 16.5. The van der Waals surface area contributed by atoms with Gasteiger partial charge in [0.25, 0.3) is 0 Å². The summed E-state index contributed by atoms with van der Waals surface area (Å²) >= 11 is 0. The first kappa shape index (κ1) is 17.4. The number of hydrogen-bond acceptors (Lipinski definition) is 4. The van der Waals surface area contributed by atoms with Gasteiger partial charge in [-0.1, -0.05) is 6.92 Å². The second-order valence-corrected chi connectivity index (χ2v) is 6.67. The van der Waals surface area contributed by atoms with E-state index in [0.29, 0.717) is 13.2 Å². The van der Waals surface area contributed by atoms with E-state index in [1.54, 1.807) is 0 Å². The van der Waals surface area contributed by atoms with Crippen LogP contribution in [0.2, 0.25) is 0 Å². The van der Waals surface area contributed by atoms with E-state index in [0.717, 1.165) is 38.6 Å². The predicted molar refractivity (Wildman–Crippen MR) is 80.6 cm³/mol. The van der Waals surface area contributed by atoms with Crippen molar-refractivity contribution in [2.45, 2.75) is 77.0 Å². The molecule has 1 saturated carbocycles. The largest absolute Gasteiger partial charge is 0.376 e. The Labute approximate surface area is 123 Å². The SMILES string of the molecule is CCCNC1(C#N)CCCC(OCCOC(C)(C)C)C1. The van der Waals surface area contributed by atoms with Crippen LogP contribution in [0.25, 0.3) is 0 Å². The van der Waals surface area contributed by atoms with Crippen molar-refractivity contribution in [3.05, 3.63) is 0 Å². The van der Waals surface area contributed by atoms with Gasteiger partial charge >= 0.3 is 0 Å². The molecule has 0 aromatic carbocycles. The third kappa shape index (κ3) is 6.21. The fraction of sp³-hybridized carbons (Fsp3) is 0.938. The highest BCUT2D eigenvalue weighted by Crippen LogP contribution is 2.29. The summed E-state index contributed by atoms with van der Waals surface area (Å²) in [4.78, 5) is 0. The van der Waals surface area contributed by atoms with E-state index in [4.69, 9.17) is 9.47 Å². The minimum atomic E-state index is -0.385. The second-order valence-electron chi connectivity index (χ2n) is 6.67. The van der Waals surface area contributed by atoms with Crippen molar-refractivity contribution in [1.82, 2.24) is 5.32 Å². The normalized spacial score (nSPS) is 27.2.